The second kappa shape index (κ2) is 10.3. The minimum Gasteiger partial charge on any atom is -0.462 e. The van der Waals surface area contributed by atoms with E-state index in [0.29, 0.717) is 0 Å². The fraction of sp³-hybridized carbons (Fsp3) is 0.556. The number of amides is 1. The van der Waals surface area contributed by atoms with E-state index in [0.717, 1.165) is 0 Å². The van der Waals surface area contributed by atoms with Crippen LogP contribution in [0.2, 0.25) is 0 Å². The van der Waals surface area contributed by atoms with Crippen molar-refractivity contribution in [3.8, 4) is 0 Å². The molecule has 1 amide bonds. The van der Waals surface area contributed by atoms with Crippen LogP contribution in [0.1, 0.15) is 39.0 Å². The first-order valence-corrected chi connectivity index (χ1v) is 10.4. The van der Waals surface area contributed by atoms with Crippen molar-refractivity contribution in [1.29, 1.82) is 0 Å². The molecule has 2 heterocycles. The monoisotopic (exact) mass is 507 g/mol. The first-order chi connectivity index (χ1) is 14.0. The number of carbonyl (C=O) groups excluding carboxylic acids is 2. The molecular formula is C18H23BrClN3O7. The predicted octanol–water partition coefficient (Wildman–Crippen LogP) is 1.86. The summed E-state index contributed by atoms with van der Waals surface area (Å²) in [5, 5.41) is 1.76. The average molecular weight is 509 g/mol. The van der Waals surface area contributed by atoms with Gasteiger partial charge in [-0.05, 0) is 31.8 Å². The zero-order chi connectivity index (χ0) is 22.5. The standard InChI is InChI=1S/C18H23BrClN3O7/c1-18(2,3)30-17(27)21-7-14(24)28-9-12-11(20)6-13(29-12)23-8-10(4-5-19)15(25)22-16(23)26/h4-5,8,11-13H,6-7,9H2,1-3H3,(H,21,27)(H,22,25,26)/b5-4+/t11?,12-,13-/m0/s1. The number of ether oxygens (including phenoxy) is 3. The Bertz CT molecular complexity index is 922. The van der Waals surface area contributed by atoms with Crippen LogP contribution in [0.5, 0.6) is 0 Å². The number of alkyl halides is 1. The van der Waals surface area contributed by atoms with Crippen molar-refractivity contribution in [1.82, 2.24) is 14.9 Å². The van der Waals surface area contributed by atoms with E-state index in [4.69, 9.17) is 25.8 Å². The minimum absolute atomic E-state index is 0.161. The van der Waals surface area contributed by atoms with Crippen LogP contribution in [0.3, 0.4) is 0 Å². The number of rotatable bonds is 6. The van der Waals surface area contributed by atoms with Gasteiger partial charge >= 0.3 is 17.8 Å². The number of aromatic nitrogens is 2. The number of hydrogen-bond acceptors (Lipinski definition) is 7. The Kier molecular flexibility index (Phi) is 8.27. The van der Waals surface area contributed by atoms with Crippen LogP contribution in [-0.2, 0) is 19.0 Å². The van der Waals surface area contributed by atoms with Crippen LogP contribution in [-0.4, -0.2) is 51.8 Å². The van der Waals surface area contributed by atoms with Crippen LogP contribution in [0.4, 0.5) is 4.79 Å². The predicted molar refractivity (Wildman–Crippen MR) is 113 cm³/mol. The molecule has 1 aliphatic rings. The summed E-state index contributed by atoms with van der Waals surface area (Å²) < 4.78 is 17.1. The normalized spacial score (nSPS) is 21.6. The number of esters is 1. The molecule has 1 saturated heterocycles. The quantitative estimate of drug-likeness (QED) is 0.443. The third kappa shape index (κ3) is 6.99. The molecule has 3 atom stereocenters. The number of aromatic amines is 1. The van der Waals surface area contributed by atoms with Crippen LogP contribution < -0.4 is 16.6 Å². The lowest BCUT2D eigenvalue weighted by Crippen LogP contribution is -2.37. The summed E-state index contributed by atoms with van der Waals surface area (Å²) in [6.45, 7) is 4.57. The van der Waals surface area contributed by atoms with Gasteiger partial charge in [0.1, 0.15) is 31.1 Å². The molecule has 0 aromatic carbocycles. The number of nitrogens with zero attached hydrogens (tertiary/aromatic N) is 1. The Morgan fingerprint density at radius 1 is 1.43 bits per heavy atom. The van der Waals surface area contributed by atoms with Crippen molar-refractivity contribution < 1.29 is 23.8 Å². The fourth-order valence-corrected chi connectivity index (χ4v) is 3.17. The molecule has 1 aromatic rings. The molecule has 1 aliphatic heterocycles. The van der Waals surface area contributed by atoms with Crippen molar-refractivity contribution in [2.24, 2.45) is 0 Å². The molecule has 0 saturated carbocycles. The number of nitrogens with one attached hydrogen (secondary N) is 2. The molecule has 1 unspecified atom stereocenters. The smallest absolute Gasteiger partial charge is 0.408 e. The largest absolute Gasteiger partial charge is 0.462 e. The molecular weight excluding hydrogens is 486 g/mol. The van der Waals surface area contributed by atoms with E-state index in [2.05, 4.69) is 26.2 Å². The highest BCUT2D eigenvalue weighted by Gasteiger charge is 2.36. The number of hydrogen-bond donors (Lipinski definition) is 2. The summed E-state index contributed by atoms with van der Waals surface area (Å²) in [4.78, 5) is 51.0. The van der Waals surface area contributed by atoms with Gasteiger partial charge in [-0.1, -0.05) is 15.9 Å². The minimum atomic E-state index is -0.738. The Morgan fingerprint density at radius 2 is 2.13 bits per heavy atom. The molecule has 0 bridgehead atoms. The van der Waals surface area contributed by atoms with Crippen LogP contribution in [0.25, 0.3) is 6.08 Å². The van der Waals surface area contributed by atoms with Gasteiger partial charge in [-0.25, -0.2) is 9.59 Å². The van der Waals surface area contributed by atoms with E-state index in [1.54, 1.807) is 20.8 Å². The number of H-pyrrole nitrogens is 1. The highest BCUT2D eigenvalue weighted by atomic mass is 79.9. The first kappa shape index (κ1) is 24.2. The van der Waals surface area contributed by atoms with Gasteiger partial charge in [0.2, 0.25) is 0 Å². The molecule has 10 nitrogen and oxygen atoms in total. The highest BCUT2D eigenvalue weighted by Crippen LogP contribution is 2.31. The van der Waals surface area contributed by atoms with Gasteiger partial charge in [-0.2, -0.15) is 0 Å². The van der Waals surface area contributed by atoms with Crippen molar-refractivity contribution in [2.45, 2.75) is 50.5 Å². The Labute approximate surface area is 185 Å². The van der Waals surface area contributed by atoms with E-state index in [-0.39, 0.29) is 25.1 Å². The molecule has 0 spiro atoms. The lowest BCUT2D eigenvalue weighted by Gasteiger charge is -2.19. The van der Waals surface area contributed by atoms with E-state index in [1.165, 1.54) is 21.8 Å². The van der Waals surface area contributed by atoms with Crippen molar-refractivity contribution in [3.05, 3.63) is 37.6 Å². The summed E-state index contributed by atoms with van der Waals surface area (Å²) in [7, 11) is 0. The van der Waals surface area contributed by atoms with Gasteiger partial charge in [-0.3, -0.25) is 19.1 Å². The third-order valence-electron chi connectivity index (χ3n) is 3.89. The molecule has 30 heavy (non-hydrogen) atoms. The number of carbonyl (C=O) groups is 2. The maximum Gasteiger partial charge on any atom is 0.408 e. The molecule has 0 radical (unpaired) electrons. The van der Waals surface area contributed by atoms with Gasteiger partial charge in [0.25, 0.3) is 5.56 Å². The van der Waals surface area contributed by atoms with Crippen LogP contribution in [0.15, 0.2) is 20.8 Å². The second-order valence-electron chi connectivity index (χ2n) is 7.46. The fourth-order valence-electron chi connectivity index (χ4n) is 2.60. The Hall–Kier alpha value is -2.11. The van der Waals surface area contributed by atoms with Crippen LogP contribution >= 0.6 is 27.5 Å². The first-order valence-electron chi connectivity index (χ1n) is 9.04. The Morgan fingerprint density at radius 3 is 2.77 bits per heavy atom. The topological polar surface area (TPSA) is 129 Å². The number of halogens is 2. The Balaban J connectivity index is 1.91. The lowest BCUT2D eigenvalue weighted by molar-refractivity contribution is -0.147. The van der Waals surface area contributed by atoms with E-state index in [9.17, 15) is 19.2 Å². The molecule has 1 fully saturated rings. The summed E-state index contributed by atoms with van der Waals surface area (Å²) in [5.41, 5.74) is -1.60. The van der Waals surface area contributed by atoms with Gasteiger partial charge in [0, 0.05) is 12.6 Å². The van der Waals surface area contributed by atoms with Crippen molar-refractivity contribution >= 4 is 45.7 Å². The number of alkyl carbamates (subject to hydrolysis) is 1. The van der Waals surface area contributed by atoms with Gasteiger partial charge in [0.15, 0.2) is 0 Å². The molecule has 2 rings (SSSR count). The molecule has 1 aromatic heterocycles. The van der Waals surface area contributed by atoms with E-state index >= 15 is 0 Å². The molecule has 166 valence electrons. The molecule has 2 N–H and O–H groups in total. The maximum atomic E-state index is 12.1. The maximum absolute atomic E-state index is 12.1. The second-order valence-corrected chi connectivity index (χ2v) is 8.55. The SMILES string of the molecule is CC(C)(C)OC(=O)NCC(=O)OC[C@@H]1O[C@H](n2cc(/C=C/Br)c(=O)[nH]c2=O)CC1Cl. The van der Waals surface area contributed by atoms with Gasteiger partial charge in [0.05, 0.1) is 10.9 Å². The summed E-state index contributed by atoms with van der Waals surface area (Å²) in [5.74, 6) is -0.692. The summed E-state index contributed by atoms with van der Waals surface area (Å²) in [6, 6.07) is 0. The third-order valence-corrected chi connectivity index (χ3v) is 4.62. The van der Waals surface area contributed by atoms with Crippen molar-refractivity contribution in [2.75, 3.05) is 13.2 Å². The lowest BCUT2D eigenvalue weighted by atomic mass is 10.2. The summed E-state index contributed by atoms with van der Waals surface area (Å²) >= 11 is 9.36. The zero-order valence-corrected chi connectivity index (χ0v) is 19.0. The van der Waals surface area contributed by atoms with Crippen LogP contribution in [0, 0.1) is 0 Å². The zero-order valence-electron chi connectivity index (χ0n) is 16.6. The van der Waals surface area contributed by atoms with E-state index < -0.39 is 46.6 Å². The van der Waals surface area contributed by atoms with Crippen molar-refractivity contribution in [3.63, 3.8) is 0 Å². The summed E-state index contributed by atoms with van der Waals surface area (Å²) in [6.07, 6.45) is 0.978. The highest BCUT2D eigenvalue weighted by molar-refractivity contribution is 9.11. The average Bonchev–Trinajstić information content (AvgIpc) is 2.99. The molecule has 12 heteroatoms. The van der Waals surface area contributed by atoms with E-state index in [1.807, 2.05) is 0 Å². The van der Waals surface area contributed by atoms with Gasteiger partial charge in [-0.15, -0.1) is 11.6 Å². The van der Waals surface area contributed by atoms with Gasteiger partial charge < -0.3 is 19.5 Å². The molecule has 0 aliphatic carbocycles.